The number of hydrogen-bond acceptors (Lipinski definition) is 2. The Bertz CT molecular complexity index is 843. The summed E-state index contributed by atoms with van der Waals surface area (Å²) in [5.41, 5.74) is 0.712. The quantitative estimate of drug-likeness (QED) is 0.728. The highest BCUT2D eigenvalue weighted by molar-refractivity contribution is 6.30. The van der Waals surface area contributed by atoms with Crippen LogP contribution in [0.4, 0.5) is 13.2 Å². The standard InChI is InChI=1S/C19H18ClF3N2O2/c1-18(2,3)25(17(27)12-7-9-15(20)10-8-12)24-16(26)13-5-4-6-14(11-13)19(21,22)23/h4-11H,1-3H3,(H,24,26). The fraction of sp³-hybridized carbons (Fsp3) is 0.263. The van der Waals surface area contributed by atoms with E-state index in [4.69, 9.17) is 11.6 Å². The van der Waals surface area contributed by atoms with Gasteiger partial charge in [-0.25, -0.2) is 5.01 Å². The Morgan fingerprint density at radius 1 is 0.963 bits per heavy atom. The van der Waals surface area contributed by atoms with Gasteiger partial charge in [-0.3, -0.25) is 15.0 Å². The lowest BCUT2D eigenvalue weighted by Gasteiger charge is -2.35. The Balaban J connectivity index is 2.30. The summed E-state index contributed by atoms with van der Waals surface area (Å²) >= 11 is 5.82. The van der Waals surface area contributed by atoms with E-state index in [1.165, 1.54) is 30.3 Å². The monoisotopic (exact) mass is 398 g/mol. The number of nitrogens with one attached hydrogen (secondary N) is 1. The van der Waals surface area contributed by atoms with Gasteiger partial charge in [-0.15, -0.1) is 0 Å². The van der Waals surface area contributed by atoms with E-state index in [0.717, 1.165) is 23.2 Å². The zero-order valence-electron chi connectivity index (χ0n) is 14.9. The summed E-state index contributed by atoms with van der Waals surface area (Å²) in [4.78, 5) is 25.3. The van der Waals surface area contributed by atoms with E-state index in [1.54, 1.807) is 20.8 Å². The number of benzene rings is 2. The molecule has 2 aromatic rings. The van der Waals surface area contributed by atoms with E-state index in [-0.39, 0.29) is 11.1 Å². The molecule has 0 unspecified atom stereocenters. The van der Waals surface area contributed by atoms with Gasteiger partial charge in [0.15, 0.2) is 0 Å². The molecule has 0 saturated heterocycles. The molecule has 2 amide bonds. The minimum Gasteiger partial charge on any atom is -0.267 e. The maximum absolute atomic E-state index is 12.9. The summed E-state index contributed by atoms with van der Waals surface area (Å²) in [6.45, 7) is 5.06. The molecule has 144 valence electrons. The molecule has 0 bridgehead atoms. The van der Waals surface area contributed by atoms with Gasteiger partial charge in [-0.05, 0) is 63.2 Å². The van der Waals surface area contributed by atoms with Crippen molar-refractivity contribution < 1.29 is 22.8 Å². The van der Waals surface area contributed by atoms with Crippen molar-refractivity contribution in [3.63, 3.8) is 0 Å². The van der Waals surface area contributed by atoms with Crippen LogP contribution in [0, 0.1) is 0 Å². The summed E-state index contributed by atoms with van der Waals surface area (Å²) in [6, 6.07) is 10.1. The largest absolute Gasteiger partial charge is 0.416 e. The highest BCUT2D eigenvalue weighted by Gasteiger charge is 2.32. The summed E-state index contributed by atoms with van der Waals surface area (Å²) in [6.07, 6.45) is -4.57. The lowest BCUT2D eigenvalue weighted by atomic mass is 10.1. The van der Waals surface area contributed by atoms with Gasteiger partial charge in [0, 0.05) is 16.1 Å². The Kier molecular flexibility index (Phi) is 5.85. The first-order valence-corrected chi connectivity index (χ1v) is 8.36. The van der Waals surface area contributed by atoms with Crippen LogP contribution >= 0.6 is 11.6 Å². The van der Waals surface area contributed by atoms with Gasteiger partial charge < -0.3 is 0 Å². The minimum atomic E-state index is -4.57. The summed E-state index contributed by atoms with van der Waals surface area (Å²) in [5, 5.41) is 1.53. The van der Waals surface area contributed by atoms with Crippen LogP contribution < -0.4 is 5.43 Å². The number of halogens is 4. The third-order valence-electron chi connectivity index (χ3n) is 3.63. The molecule has 0 aliphatic rings. The van der Waals surface area contributed by atoms with Gasteiger partial charge in [0.2, 0.25) is 0 Å². The van der Waals surface area contributed by atoms with Crippen LogP contribution in [0.3, 0.4) is 0 Å². The van der Waals surface area contributed by atoms with E-state index in [0.29, 0.717) is 5.02 Å². The van der Waals surface area contributed by atoms with Crippen LogP contribution in [0.1, 0.15) is 47.1 Å². The molecular formula is C19H18ClF3N2O2. The number of alkyl halides is 3. The van der Waals surface area contributed by atoms with Crippen LogP contribution in [0.2, 0.25) is 5.02 Å². The molecular weight excluding hydrogens is 381 g/mol. The first-order valence-electron chi connectivity index (χ1n) is 7.98. The maximum Gasteiger partial charge on any atom is 0.416 e. The van der Waals surface area contributed by atoms with E-state index < -0.39 is 29.1 Å². The zero-order chi connectivity index (χ0) is 20.4. The summed E-state index contributed by atoms with van der Waals surface area (Å²) < 4.78 is 38.6. The average molecular weight is 399 g/mol. The van der Waals surface area contributed by atoms with Gasteiger partial charge in [0.25, 0.3) is 11.8 Å². The molecule has 8 heteroatoms. The molecule has 2 rings (SSSR count). The van der Waals surface area contributed by atoms with Crippen molar-refractivity contribution in [3.05, 3.63) is 70.2 Å². The van der Waals surface area contributed by atoms with Crippen molar-refractivity contribution >= 4 is 23.4 Å². The smallest absolute Gasteiger partial charge is 0.267 e. The van der Waals surface area contributed by atoms with Gasteiger partial charge in [0.1, 0.15) is 0 Å². The fourth-order valence-corrected chi connectivity index (χ4v) is 2.37. The molecule has 0 aromatic heterocycles. The lowest BCUT2D eigenvalue weighted by Crippen LogP contribution is -2.55. The van der Waals surface area contributed by atoms with Crippen molar-refractivity contribution in [1.29, 1.82) is 0 Å². The normalized spacial score (nSPS) is 11.8. The topological polar surface area (TPSA) is 49.4 Å². The molecule has 0 aliphatic heterocycles. The maximum atomic E-state index is 12.9. The Labute approximate surface area is 159 Å². The SMILES string of the molecule is CC(C)(C)N(NC(=O)c1cccc(C(F)(F)F)c1)C(=O)c1ccc(Cl)cc1. The van der Waals surface area contributed by atoms with Crippen molar-refractivity contribution in [3.8, 4) is 0 Å². The lowest BCUT2D eigenvalue weighted by molar-refractivity contribution is -0.137. The third kappa shape index (κ3) is 5.23. The number of nitrogens with zero attached hydrogens (tertiary/aromatic N) is 1. The highest BCUT2D eigenvalue weighted by atomic mass is 35.5. The molecule has 2 aromatic carbocycles. The van der Waals surface area contributed by atoms with Crippen molar-refractivity contribution in [2.75, 3.05) is 0 Å². The molecule has 0 heterocycles. The summed E-state index contributed by atoms with van der Waals surface area (Å²) in [5.74, 6) is -1.34. The number of rotatable bonds is 2. The van der Waals surface area contributed by atoms with E-state index in [1.807, 2.05) is 0 Å². The van der Waals surface area contributed by atoms with Gasteiger partial charge in [-0.1, -0.05) is 17.7 Å². The second kappa shape index (κ2) is 7.60. The molecule has 0 saturated carbocycles. The Morgan fingerprint density at radius 2 is 1.56 bits per heavy atom. The van der Waals surface area contributed by atoms with Crippen molar-refractivity contribution in [1.82, 2.24) is 10.4 Å². The predicted octanol–water partition coefficient (Wildman–Crippen LogP) is 4.94. The number of hydrazine groups is 1. The minimum absolute atomic E-state index is 0.206. The third-order valence-corrected chi connectivity index (χ3v) is 3.88. The molecule has 0 spiro atoms. The number of amides is 2. The first kappa shape index (κ1) is 20.8. The van der Waals surface area contributed by atoms with Crippen LogP contribution in [0.5, 0.6) is 0 Å². The van der Waals surface area contributed by atoms with Gasteiger partial charge in [0.05, 0.1) is 11.1 Å². The molecule has 4 nitrogen and oxygen atoms in total. The summed E-state index contributed by atoms with van der Waals surface area (Å²) in [7, 11) is 0. The molecule has 1 N–H and O–H groups in total. The molecule has 0 radical (unpaired) electrons. The van der Waals surface area contributed by atoms with Crippen LogP contribution in [0.25, 0.3) is 0 Å². The van der Waals surface area contributed by atoms with Crippen LogP contribution in [0.15, 0.2) is 48.5 Å². The number of carbonyl (C=O) groups excluding carboxylic acids is 2. The van der Waals surface area contributed by atoms with Crippen LogP contribution in [-0.2, 0) is 6.18 Å². The molecule has 27 heavy (non-hydrogen) atoms. The second-order valence-corrected chi connectivity index (χ2v) is 7.27. The predicted molar refractivity (Wildman–Crippen MR) is 96.3 cm³/mol. The highest BCUT2D eigenvalue weighted by Crippen LogP contribution is 2.29. The Morgan fingerprint density at radius 3 is 2.07 bits per heavy atom. The Hall–Kier alpha value is -2.54. The van der Waals surface area contributed by atoms with E-state index in [9.17, 15) is 22.8 Å². The van der Waals surface area contributed by atoms with Gasteiger partial charge in [-0.2, -0.15) is 13.2 Å². The van der Waals surface area contributed by atoms with E-state index in [2.05, 4.69) is 5.43 Å². The average Bonchev–Trinajstić information content (AvgIpc) is 2.58. The molecule has 0 aliphatic carbocycles. The molecule has 0 fully saturated rings. The second-order valence-electron chi connectivity index (χ2n) is 6.84. The number of carbonyl (C=O) groups is 2. The van der Waals surface area contributed by atoms with Crippen LogP contribution in [-0.4, -0.2) is 22.4 Å². The molecule has 0 atom stereocenters. The number of hydrogen-bond donors (Lipinski definition) is 1. The first-order chi connectivity index (χ1) is 12.4. The fourth-order valence-electron chi connectivity index (χ4n) is 2.25. The van der Waals surface area contributed by atoms with Crippen molar-refractivity contribution in [2.45, 2.75) is 32.5 Å². The van der Waals surface area contributed by atoms with Gasteiger partial charge >= 0.3 is 6.18 Å². The zero-order valence-corrected chi connectivity index (χ0v) is 15.7. The van der Waals surface area contributed by atoms with Crippen molar-refractivity contribution in [2.24, 2.45) is 0 Å². The van der Waals surface area contributed by atoms with E-state index >= 15 is 0 Å².